The van der Waals surface area contributed by atoms with Gasteiger partial charge in [-0.2, -0.15) is 0 Å². The van der Waals surface area contributed by atoms with Gasteiger partial charge in [0.15, 0.2) is 5.78 Å². The molecule has 1 atom stereocenters. The number of rotatable bonds is 6. The Bertz CT molecular complexity index is 574. The van der Waals surface area contributed by atoms with Crippen LogP contribution in [0, 0.1) is 23.7 Å². The van der Waals surface area contributed by atoms with Gasteiger partial charge in [-0.15, -0.1) is 0 Å². The maximum atomic E-state index is 10.6. The average Bonchev–Trinajstić information content (AvgIpc) is 2.56. The molecule has 0 radical (unpaired) electrons. The summed E-state index contributed by atoms with van der Waals surface area (Å²) < 4.78 is 5.01. The van der Waals surface area contributed by atoms with E-state index in [0.717, 1.165) is 12.1 Å². The van der Waals surface area contributed by atoms with Crippen LogP contribution in [0.1, 0.15) is 53.2 Å². The third-order valence-electron chi connectivity index (χ3n) is 2.76. The van der Waals surface area contributed by atoms with E-state index in [9.17, 15) is 4.79 Å². The van der Waals surface area contributed by atoms with E-state index in [-0.39, 0.29) is 20.4 Å². The summed E-state index contributed by atoms with van der Waals surface area (Å²) in [4.78, 5) is 10.6. The van der Waals surface area contributed by atoms with Gasteiger partial charge in [0.05, 0.1) is 0 Å². The molecule has 0 aliphatic carbocycles. The van der Waals surface area contributed by atoms with Crippen molar-refractivity contribution in [2.75, 3.05) is 19.8 Å². The first-order chi connectivity index (χ1) is 11.1. The van der Waals surface area contributed by atoms with Crippen LogP contribution in [0.15, 0.2) is 24.3 Å². The fourth-order valence-electron chi connectivity index (χ4n) is 1.71. The summed E-state index contributed by atoms with van der Waals surface area (Å²) in [6.45, 7) is 11.0. The van der Waals surface area contributed by atoms with Gasteiger partial charge in [-0.1, -0.05) is 44.7 Å². The first kappa shape index (κ1) is 20.9. The molecule has 1 aromatic rings. The van der Waals surface area contributed by atoms with Gasteiger partial charge in [0.25, 0.3) is 0 Å². The zero-order chi connectivity index (χ0) is 17.5. The van der Waals surface area contributed by atoms with Gasteiger partial charge in [-0.25, -0.2) is 0 Å². The van der Waals surface area contributed by atoms with Crippen LogP contribution in [0.4, 0.5) is 0 Å². The molecule has 0 bridgehead atoms. The molecular weight excluding hydrogens is 286 g/mol. The fraction of sp³-hybridized carbons (Fsp3) is 0.450. The summed E-state index contributed by atoms with van der Waals surface area (Å²) in [6, 6.07) is 8.46. The van der Waals surface area contributed by atoms with E-state index in [1.54, 1.807) is 0 Å². The summed E-state index contributed by atoms with van der Waals surface area (Å²) in [5.74, 6) is 11.2. The highest BCUT2D eigenvalue weighted by molar-refractivity contribution is 5.76. The molecule has 0 saturated heterocycles. The summed E-state index contributed by atoms with van der Waals surface area (Å²) in [5.41, 5.74) is 2.17. The highest BCUT2D eigenvalue weighted by atomic mass is 16.5. The maximum absolute atomic E-state index is 10.6. The Balaban J connectivity index is 0. The molecule has 0 aliphatic heterocycles. The topological polar surface area (TPSA) is 38.3 Å². The molecule has 1 aromatic carbocycles. The number of ketones is 1. The van der Waals surface area contributed by atoms with Crippen LogP contribution in [0.25, 0.3) is 0 Å². The molecule has 0 unspecified atom stereocenters. The van der Waals surface area contributed by atoms with E-state index in [1.165, 1.54) is 12.5 Å². The van der Waals surface area contributed by atoms with Gasteiger partial charge < -0.3 is 10.1 Å². The molecule has 1 N–H and O–H groups in total. The Hall–Kier alpha value is -2.07. The van der Waals surface area contributed by atoms with E-state index >= 15 is 0 Å². The smallest absolute Gasteiger partial charge is 0.155 e. The van der Waals surface area contributed by atoms with Crippen molar-refractivity contribution in [3.63, 3.8) is 0 Å². The van der Waals surface area contributed by atoms with Crippen molar-refractivity contribution < 1.29 is 11.0 Å². The second-order valence-corrected chi connectivity index (χ2v) is 4.65. The second-order valence-electron chi connectivity index (χ2n) is 4.65. The highest BCUT2D eigenvalue weighted by Crippen LogP contribution is 2.12. The third-order valence-corrected chi connectivity index (χ3v) is 2.76. The predicted molar refractivity (Wildman–Crippen MR) is 98.1 cm³/mol. The van der Waals surface area contributed by atoms with E-state index < -0.39 is 0 Å². The number of Topliss-reactive ketones (excluding diaryl/α,β-unsaturated/α-hetero) is 1. The quantitative estimate of drug-likeness (QED) is 0.644. The van der Waals surface area contributed by atoms with Crippen molar-refractivity contribution in [1.29, 1.82) is 0 Å². The molecular formula is C20H29NO2. The van der Waals surface area contributed by atoms with Crippen molar-refractivity contribution >= 4 is 5.78 Å². The molecule has 0 spiro atoms. The number of carbonyl (C=O) groups excluding carboxylic acids is 1. The van der Waals surface area contributed by atoms with Crippen LogP contribution >= 0.6 is 0 Å². The molecule has 1 rings (SSSR count). The molecule has 126 valence electrons. The second kappa shape index (κ2) is 13.6. The first-order valence-electron chi connectivity index (χ1n) is 8.03. The van der Waals surface area contributed by atoms with E-state index in [1.807, 2.05) is 26.0 Å². The standard InChI is InChI=1S/C18H21NO2.C2H6.H2/c1-4-19-16(3)18-11-9-17(10-12-18)8-6-5-7-13-21-14-15(2)20;1-2;/h9-12,16,19H,4,13-14H2,1-3H3;1-2H3;1H/t16-;;/m1../s1. The summed E-state index contributed by atoms with van der Waals surface area (Å²) >= 11 is 0. The van der Waals surface area contributed by atoms with E-state index in [4.69, 9.17) is 4.74 Å². The van der Waals surface area contributed by atoms with Crippen molar-refractivity contribution in [2.45, 2.75) is 40.7 Å². The minimum Gasteiger partial charge on any atom is -0.361 e. The molecule has 3 nitrogen and oxygen atoms in total. The lowest BCUT2D eigenvalue weighted by Crippen LogP contribution is -2.17. The van der Waals surface area contributed by atoms with Crippen LogP contribution in [0.2, 0.25) is 0 Å². The Kier molecular flexibility index (Phi) is 12.4. The lowest BCUT2D eigenvalue weighted by Gasteiger charge is -2.12. The van der Waals surface area contributed by atoms with Gasteiger partial charge in [0, 0.05) is 13.0 Å². The number of hydrogen-bond acceptors (Lipinski definition) is 3. The molecule has 0 aromatic heterocycles. The maximum Gasteiger partial charge on any atom is 0.155 e. The highest BCUT2D eigenvalue weighted by Gasteiger charge is 2.01. The zero-order valence-electron chi connectivity index (χ0n) is 14.8. The summed E-state index contributed by atoms with van der Waals surface area (Å²) in [5, 5.41) is 3.36. The molecule has 0 saturated carbocycles. The van der Waals surface area contributed by atoms with Crippen LogP contribution in [-0.2, 0) is 9.53 Å². The van der Waals surface area contributed by atoms with Crippen LogP contribution in [0.5, 0.6) is 0 Å². The minimum absolute atomic E-state index is 0. The van der Waals surface area contributed by atoms with Gasteiger partial charge in [-0.3, -0.25) is 4.79 Å². The van der Waals surface area contributed by atoms with Crippen LogP contribution in [-0.4, -0.2) is 25.5 Å². The Morgan fingerprint density at radius 1 is 1.26 bits per heavy atom. The Morgan fingerprint density at radius 3 is 2.48 bits per heavy atom. The van der Waals surface area contributed by atoms with Crippen molar-refractivity contribution in [3.05, 3.63) is 35.4 Å². The summed E-state index contributed by atoms with van der Waals surface area (Å²) in [6.07, 6.45) is 0. The molecule has 3 heteroatoms. The Labute approximate surface area is 142 Å². The summed E-state index contributed by atoms with van der Waals surface area (Å²) in [7, 11) is 0. The van der Waals surface area contributed by atoms with Crippen molar-refractivity contribution in [1.82, 2.24) is 5.32 Å². The number of hydrogen-bond donors (Lipinski definition) is 1. The number of nitrogens with one attached hydrogen (secondary N) is 1. The van der Waals surface area contributed by atoms with Gasteiger partial charge in [0.1, 0.15) is 13.2 Å². The molecule has 0 heterocycles. The van der Waals surface area contributed by atoms with Gasteiger partial charge in [-0.05, 0) is 49.9 Å². The van der Waals surface area contributed by atoms with E-state index in [0.29, 0.717) is 6.04 Å². The number of ether oxygens (including phenoxy) is 1. The molecule has 0 amide bonds. The molecule has 23 heavy (non-hydrogen) atoms. The van der Waals surface area contributed by atoms with Gasteiger partial charge >= 0.3 is 0 Å². The normalized spacial score (nSPS) is 10.1. The van der Waals surface area contributed by atoms with Gasteiger partial charge in [0.2, 0.25) is 0 Å². The predicted octanol–water partition coefficient (Wildman–Crippen LogP) is 3.59. The fourth-order valence-corrected chi connectivity index (χ4v) is 1.71. The van der Waals surface area contributed by atoms with Crippen molar-refractivity contribution in [2.24, 2.45) is 0 Å². The SMILES string of the molecule is CC.CCN[C@H](C)c1ccc(C#CC#CCOCC(C)=O)cc1.[HH]. The van der Waals surface area contributed by atoms with E-state index in [2.05, 4.69) is 55.0 Å². The lowest BCUT2D eigenvalue weighted by molar-refractivity contribution is -0.120. The van der Waals surface area contributed by atoms with Crippen LogP contribution in [0.3, 0.4) is 0 Å². The number of carbonyl (C=O) groups is 1. The van der Waals surface area contributed by atoms with Crippen LogP contribution < -0.4 is 5.32 Å². The van der Waals surface area contributed by atoms with Crippen molar-refractivity contribution in [3.8, 4) is 23.7 Å². The monoisotopic (exact) mass is 315 g/mol. The third kappa shape index (κ3) is 10.3. The average molecular weight is 315 g/mol. The largest absolute Gasteiger partial charge is 0.361 e. The minimum atomic E-state index is -0.00485. The zero-order valence-corrected chi connectivity index (χ0v) is 14.8. The molecule has 0 aliphatic rings. The Morgan fingerprint density at radius 2 is 1.91 bits per heavy atom. The first-order valence-corrected chi connectivity index (χ1v) is 8.03. The molecule has 0 fully saturated rings. The number of benzene rings is 1. The lowest BCUT2D eigenvalue weighted by atomic mass is 10.1.